The van der Waals surface area contributed by atoms with E-state index >= 15 is 0 Å². The molecule has 35 heavy (non-hydrogen) atoms. The summed E-state index contributed by atoms with van der Waals surface area (Å²) in [6, 6.07) is 9.56. The van der Waals surface area contributed by atoms with Gasteiger partial charge in [-0.15, -0.1) is 0 Å². The van der Waals surface area contributed by atoms with Crippen LogP contribution < -0.4 is 9.47 Å². The van der Waals surface area contributed by atoms with Crippen molar-refractivity contribution in [1.29, 1.82) is 0 Å². The molecule has 0 aliphatic heterocycles. The number of methoxy groups -OCH3 is 2. The number of aryl methyl sites for hydroxylation is 1. The second kappa shape index (κ2) is 13.2. The molecule has 0 unspecified atom stereocenters. The molecule has 7 nitrogen and oxygen atoms in total. The first-order valence-corrected chi connectivity index (χ1v) is 12.4. The fourth-order valence-electron chi connectivity index (χ4n) is 3.82. The van der Waals surface area contributed by atoms with Gasteiger partial charge in [0.2, 0.25) is 11.8 Å². The van der Waals surface area contributed by atoms with E-state index in [1.807, 2.05) is 58.0 Å². The maximum Gasteiger partial charge on any atom is 0.242 e. The average molecular weight is 487 g/mol. The number of carbonyl (C=O) groups is 2. The molecule has 2 amide bonds. The van der Waals surface area contributed by atoms with Crippen molar-refractivity contribution in [3.63, 3.8) is 0 Å². The number of hydrogen-bond acceptors (Lipinski definition) is 5. The van der Waals surface area contributed by atoms with Gasteiger partial charge in [-0.25, -0.2) is 0 Å². The molecule has 7 heteroatoms. The molecular weight excluding hydrogens is 444 g/mol. The van der Waals surface area contributed by atoms with E-state index < -0.39 is 0 Å². The fourth-order valence-corrected chi connectivity index (χ4v) is 3.82. The Labute approximate surface area is 210 Å². The van der Waals surface area contributed by atoms with Gasteiger partial charge in [-0.3, -0.25) is 9.59 Å². The van der Waals surface area contributed by atoms with Gasteiger partial charge < -0.3 is 23.7 Å². The smallest absolute Gasteiger partial charge is 0.242 e. The lowest BCUT2D eigenvalue weighted by atomic mass is 9.91. The molecule has 0 spiro atoms. The van der Waals surface area contributed by atoms with Gasteiger partial charge in [0, 0.05) is 19.5 Å². The van der Waals surface area contributed by atoms with Crippen LogP contribution in [0.4, 0.5) is 0 Å². The minimum absolute atomic E-state index is 0.0213. The Balaban J connectivity index is 2.19. The first kappa shape index (κ1) is 28.3. The third kappa shape index (κ3) is 9.30. The van der Waals surface area contributed by atoms with Gasteiger partial charge in [-0.2, -0.15) is 0 Å². The molecule has 0 saturated heterocycles. The van der Waals surface area contributed by atoms with Crippen molar-refractivity contribution in [3.8, 4) is 11.5 Å². The monoisotopic (exact) mass is 486 g/mol. The van der Waals surface area contributed by atoms with Gasteiger partial charge in [-0.05, 0) is 55.0 Å². The van der Waals surface area contributed by atoms with E-state index in [2.05, 4.69) is 6.92 Å². The van der Waals surface area contributed by atoms with Crippen LogP contribution in [0.1, 0.15) is 64.0 Å². The number of benzene rings is 1. The number of hydrogen-bond donors (Lipinski definition) is 0. The maximum absolute atomic E-state index is 13.5. The van der Waals surface area contributed by atoms with Crippen LogP contribution in [0.25, 0.3) is 0 Å². The highest BCUT2D eigenvalue weighted by Gasteiger charge is 2.25. The summed E-state index contributed by atoms with van der Waals surface area (Å²) < 4.78 is 16.5. The van der Waals surface area contributed by atoms with Crippen LogP contribution in [-0.2, 0) is 22.6 Å². The predicted octanol–water partition coefficient (Wildman–Crippen LogP) is 5.24. The van der Waals surface area contributed by atoms with Crippen molar-refractivity contribution < 1.29 is 23.5 Å². The molecule has 0 atom stereocenters. The van der Waals surface area contributed by atoms with Crippen LogP contribution in [0.2, 0.25) is 0 Å². The molecule has 0 radical (unpaired) electrons. The predicted molar refractivity (Wildman–Crippen MR) is 138 cm³/mol. The standard InChI is InChI=1S/C28H42N2O5/c1-8-9-15-29(26(31)18-28(3,4)5)20-27(32)30(19-23-12-10-21(2)35-23)16-14-22-11-13-24(33-6)25(17-22)34-7/h10-13,17H,8-9,14-16,18-20H2,1-7H3. The number of furan rings is 1. The average Bonchev–Trinajstić information content (AvgIpc) is 3.22. The Morgan fingerprint density at radius 2 is 1.66 bits per heavy atom. The summed E-state index contributed by atoms with van der Waals surface area (Å²) in [6.45, 7) is 11.6. The number of rotatable bonds is 13. The summed E-state index contributed by atoms with van der Waals surface area (Å²) in [7, 11) is 3.21. The number of amides is 2. The van der Waals surface area contributed by atoms with Gasteiger partial charge in [-0.1, -0.05) is 40.2 Å². The first-order valence-electron chi connectivity index (χ1n) is 12.4. The van der Waals surface area contributed by atoms with E-state index in [0.29, 0.717) is 44.0 Å². The van der Waals surface area contributed by atoms with Crippen molar-refractivity contribution in [2.45, 2.75) is 66.8 Å². The summed E-state index contributed by atoms with van der Waals surface area (Å²) in [5.74, 6) is 2.79. The van der Waals surface area contributed by atoms with E-state index in [1.165, 1.54) is 0 Å². The molecule has 0 N–H and O–H groups in total. The second-order valence-corrected chi connectivity index (χ2v) is 10.2. The van der Waals surface area contributed by atoms with Gasteiger partial charge in [0.25, 0.3) is 0 Å². The van der Waals surface area contributed by atoms with Gasteiger partial charge in [0.05, 0.1) is 27.3 Å². The molecular formula is C28H42N2O5. The molecule has 1 heterocycles. The zero-order valence-corrected chi connectivity index (χ0v) is 22.5. The van der Waals surface area contributed by atoms with Crippen molar-refractivity contribution in [2.75, 3.05) is 33.9 Å². The van der Waals surface area contributed by atoms with Crippen LogP contribution in [0.3, 0.4) is 0 Å². The van der Waals surface area contributed by atoms with Crippen molar-refractivity contribution in [2.24, 2.45) is 5.41 Å². The van der Waals surface area contributed by atoms with E-state index in [-0.39, 0.29) is 23.8 Å². The van der Waals surface area contributed by atoms with Gasteiger partial charge in [0.15, 0.2) is 11.5 Å². The van der Waals surface area contributed by atoms with Crippen molar-refractivity contribution in [3.05, 3.63) is 47.4 Å². The minimum Gasteiger partial charge on any atom is -0.493 e. The highest BCUT2D eigenvalue weighted by atomic mass is 16.5. The molecule has 194 valence electrons. The van der Waals surface area contributed by atoms with Gasteiger partial charge in [0.1, 0.15) is 11.5 Å². The number of unbranched alkanes of at least 4 members (excludes halogenated alkanes) is 1. The Bertz CT molecular complexity index is 960. The van der Waals surface area contributed by atoms with Crippen LogP contribution in [0.15, 0.2) is 34.7 Å². The summed E-state index contributed by atoms with van der Waals surface area (Å²) in [5, 5.41) is 0. The molecule has 0 aliphatic carbocycles. The van der Waals surface area contributed by atoms with Crippen molar-refractivity contribution in [1.82, 2.24) is 9.80 Å². The molecule has 0 aliphatic rings. The molecule has 1 aromatic carbocycles. The SMILES string of the molecule is CCCCN(CC(=O)N(CCc1ccc(OC)c(OC)c1)Cc1ccc(C)o1)C(=O)CC(C)(C)C. The largest absolute Gasteiger partial charge is 0.493 e. The Hall–Kier alpha value is -2.96. The molecule has 1 aromatic heterocycles. The zero-order chi connectivity index (χ0) is 26.0. The lowest BCUT2D eigenvalue weighted by Crippen LogP contribution is -2.44. The van der Waals surface area contributed by atoms with Crippen LogP contribution in [-0.4, -0.2) is 55.5 Å². The highest BCUT2D eigenvalue weighted by Crippen LogP contribution is 2.28. The van der Waals surface area contributed by atoms with Crippen LogP contribution in [0, 0.1) is 12.3 Å². The summed E-state index contributed by atoms with van der Waals surface area (Å²) in [5.41, 5.74) is 0.895. The quantitative estimate of drug-likeness (QED) is 0.387. The molecule has 2 aromatic rings. The van der Waals surface area contributed by atoms with Crippen molar-refractivity contribution >= 4 is 11.8 Å². The molecule has 0 bridgehead atoms. The van der Waals surface area contributed by atoms with E-state index in [4.69, 9.17) is 13.9 Å². The molecule has 0 saturated carbocycles. The first-order chi connectivity index (χ1) is 16.6. The number of nitrogens with zero attached hydrogens (tertiary/aromatic N) is 2. The summed E-state index contributed by atoms with van der Waals surface area (Å²) in [4.78, 5) is 30.0. The Morgan fingerprint density at radius 1 is 0.943 bits per heavy atom. The Morgan fingerprint density at radius 3 is 2.23 bits per heavy atom. The zero-order valence-electron chi connectivity index (χ0n) is 22.5. The fraction of sp³-hybridized carbons (Fsp3) is 0.571. The lowest BCUT2D eigenvalue weighted by Gasteiger charge is -2.29. The molecule has 2 rings (SSSR count). The van der Waals surface area contributed by atoms with Crippen LogP contribution in [0.5, 0.6) is 11.5 Å². The lowest BCUT2D eigenvalue weighted by molar-refractivity contribution is -0.142. The number of ether oxygens (including phenoxy) is 2. The normalized spacial score (nSPS) is 11.3. The third-order valence-electron chi connectivity index (χ3n) is 5.76. The topological polar surface area (TPSA) is 72.2 Å². The van der Waals surface area contributed by atoms with E-state index in [9.17, 15) is 9.59 Å². The van der Waals surface area contributed by atoms with E-state index in [1.54, 1.807) is 24.0 Å². The van der Waals surface area contributed by atoms with E-state index in [0.717, 1.165) is 29.9 Å². The van der Waals surface area contributed by atoms with Gasteiger partial charge >= 0.3 is 0 Å². The maximum atomic E-state index is 13.5. The summed E-state index contributed by atoms with van der Waals surface area (Å²) in [6.07, 6.45) is 2.87. The Kier molecular flexibility index (Phi) is 10.7. The third-order valence-corrected chi connectivity index (χ3v) is 5.76. The number of carbonyl (C=O) groups excluding carboxylic acids is 2. The molecule has 0 fully saturated rings. The minimum atomic E-state index is -0.136. The summed E-state index contributed by atoms with van der Waals surface area (Å²) >= 11 is 0. The second-order valence-electron chi connectivity index (χ2n) is 10.2. The van der Waals surface area contributed by atoms with Crippen LogP contribution >= 0.6 is 0 Å². The highest BCUT2D eigenvalue weighted by molar-refractivity contribution is 5.85.